The minimum Gasteiger partial charge on any atom is -0.395 e. The Balaban J connectivity index is 2.09. The summed E-state index contributed by atoms with van der Waals surface area (Å²) in [6, 6.07) is 11.5. The molecule has 5 heteroatoms. The van der Waals surface area contributed by atoms with Crippen molar-refractivity contribution in [2.24, 2.45) is 0 Å². The molecule has 0 aliphatic carbocycles. The van der Waals surface area contributed by atoms with E-state index in [1.807, 2.05) is 48.8 Å². The Morgan fingerprint density at radius 2 is 1.90 bits per heavy atom. The number of benzene rings is 1. The minimum absolute atomic E-state index is 0.0467. The van der Waals surface area contributed by atoms with Crippen LogP contribution in [0.5, 0.6) is 0 Å². The predicted octanol–water partition coefficient (Wildman–Crippen LogP) is 2.42. The number of hydrogen-bond donors (Lipinski definition) is 2. The third-order valence-electron chi connectivity index (χ3n) is 3.30. The lowest BCUT2D eigenvalue weighted by Gasteiger charge is -2.18. The third-order valence-corrected chi connectivity index (χ3v) is 3.56. The van der Waals surface area contributed by atoms with Crippen molar-refractivity contribution in [2.45, 2.75) is 18.9 Å². The SMILES string of the molecule is O=C(C[C@@H](Cn1cccc1)c1ccc(Cl)cc1)NCCO. The number of halogens is 1. The molecule has 0 unspecified atom stereocenters. The molecule has 0 bridgehead atoms. The Kier molecular flexibility index (Phi) is 5.84. The first-order valence-corrected chi connectivity index (χ1v) is 7.30. The standard InChI is InChI=1S/C16H19ClN2O2/c17-15-5-3-13(4-6-15)14(11-16(21)18-7-10-20)12-19-8-1-2-9-19/h1-6,8-9,14,20H,7,10-12H2,(H,18,21)/t14-/m0/s1. The molecule has 1 aromatic carbocycles. The van der Waals surface area contributed by atoms with Crippen LogP contribution in [0.2, 0.25) is 5.02 Å². The molecule has 1 atom stereocenters. The summed E-state index contributed by atoms with van der Waals surface area (Å²) in [6.07, 6.45) is 4.34. The highest BCUT2D eigenvalue weighted by Crippen LogP contribution is 2.23. The van der Waals surface area contributed by atoms with Gasteiger partial charge in [-0.25, -0.2) is 0 Å². The zero-order chi connectivity index (χ0) is 15.1. The molecule has 2 N–H and O–H groups in total. The molecule has 4 nitrogen and oxygen atoms in total. The second-order valence-electron chi connectivity index (χ2n) is 4.91. The number of aliphatic hydroxyl groups excluding tert-OH is 1. The summed E-state index contributed by atoms with van der Waals surface area (Å²) >= 11 is 5.92. The molecular weight excluding hydrogens is 288 g/mol. The highest BCUT2D eigenvalue weighted by molar-refractivity contribution is 6.30. The Morgan fingerprint density at radius 3 is 2.52 bits per heavy atom. The topological polar surface area (TPSA) is 54.3 Å². The molecule has 1 aromatic heterocycles. The van der Waals surface area contributed by atoms with Crippen LogP contribution >= 0.6 is 11.6 Å². The highest BCUT2D eigenvalue weighted by atomic mass is 35.5. The molecule has 0 radical (unpaired) electrons. The number of nitrogens with zero attached hydrogens (tertiary/aromatic N) is 1. The maximum absolute atomic E-state index is 11.9. The van der Waals surface area contributed by atoms with Crippen LogP contribution in [0.3, 0.4) is 0 Å². The van der Waals surface area contributed by atoms with Crippen LogP contribution in [0.4, 0.5) is 0 Å². The van der Waals surface area contributed by atoms with Gasteiger partial charge in [0.05, 0.1) is 6.61 Å². The van der Waals surface area contributed by atoms with Crippen molar-refractivity contribution in [3.63, 3.8) is 0 Å². The number of carbonyl (C=O) groups is 1. The zero-order valence-corrected chi connectivity index (χ0v) is 12.5. The number of carbonyl (C=O) groups excluding carboxylic acids is 1. The van der Waals surface area contributed by atoms with Crippen molar-refractivity contribution in [1.82, 2.24) is 9.88 Å². The van der Waals surface area contributed by atoms with Crippen molar-refractivity contribution in [3.8, 4) is 0 Å². The first kappa shape index (κ1) is 15.6. The first-order chi connectivity index (χ1) is 10.2. The van der Waals surface area contributed by atoms with Gasteiger partial charge in [-0.1, -0.05) is 23.7 Å². The minimum atomic E-state index is -0.0591. The molecule has 112 valence electrons. The fourth-order valence-corrected chi connectivity index (χ4v) is 2.39. The van der Waals surface area contributed by atoms with Crippen molar-refractivity contribution in [3.05, 3.63) is 59.4 Å². The number of nitrogens with one attached hydrogen (secondary N) is 1. The van der Waals surface area contributed by atoms with Crippen LogP contribution in [0.15, 0.2) is 48.8 Å². The van der Waals surface area contributed by atoms with Gasteiger partial charge in [0.2, 0.25) is 5.91 Å². The zero-order valence-electron chi connectivity index (χ0n) is 11.7. The van der Waals surface area contributed by atoms with E-state index in [0.717, 1.165) is 12.1 Å². The van der Waals surface area contributed by atoms with Crippen molar-refractivity contribution >= 4 is 17.5 Å². The monoisotopic (exact) mass is 306 g/mol. The molecule has 1 amide bonds. The molecule has 2 rings (SSSR count). The maximum atomic E-state index is 11.9. The first-order valence-electron chi connectivity index (χ1n) is 6.93. The lowest BCUT2D eigenvalue weighted by atomic mass is 9.95. The number of aromatic nitrogens is 1. The molecule has 0 aliphatic rings. The summed E-state index contributed by atoms with van der Waals surface area (Å²) in [5.74, 6) is 0.00418. The van der Waals surface area contributed by atoms with E-state index >= 15 is 0 Å². The van der Waals surface area contributed by atoms with Crippen LogP contribution < -0.4 is 5.32 Å². The molecule has 0 saturated heterocycles. The fourth-order valence-electron chi connectivity index (χ4n) is 2.26. The molecule has 0 spiro atoms. The van der Waals surface area contributed by atoms with Gasteiger partial charge in [0.15, 0.2) is 0 Å². The van der Waals surface area contributed by atoms with Gasteiger partial charge >= 0.3 is 0 Å². The highest BCUT2D eigenvalue weighted by Gasteiger charge is 2.16. The van der Waals surface area contributed by atoms with E-state index in [4.69, 9.17) is 16.7 Å². The second-order valence-corrected chi connectivity index (χ2v) is 5.34. The van der Waals surface area contributed by atoms with Gasteiger partial charge < -0.3 is 15.0 Å². The average Bonchev–Trinajstić information content (AvgIpc) is 2.98. The molecule has 0 saturated carbocycles. The Bertz CT molecular complexity index is 552. The van der Waals surface area contributed by atoms with Gasteiger partial charge in [-0.2, -0.15) is 0 Å². The van der Waals surface area contributed by atoms with Crippen molar-refractivity contribution in [1.29, 1.82) is 0 Å². The maximum Gasteiger partial charge on any atom is 0.220 e. The molecule has 0 fully saturated rings. The normalized spacial score (nSPS) is 12.1. The summed E-state index contributed by atoms with van der Waals surface area (Å²) in [7, 11) is 0. The molecule has 0 aliphatic heterocycles. The smallest absolute Gasteiger partial charge is 0.220 e. The van der Waals surface area contributed by atoms with Crippen LogP contribution in [0, 0.1) is 0 Å². The van der Waals surface area contributed by atoms with Gasteiger partial charge in [-0.3, -0.25) is 4.79 Å². The van der Waals surface area contributed by atoms with Crippen LogP contribution in [0.1, 0.15) is 17.9 Å². The van der Waals surface area contributed by atoms with E-state index in [-0.39, 0.29) is 25.0 Å². The van der Waals surface area contributed by atoms with E-state index in [0.29, 0.717) is 11.4 Å². The van der Waals surface area contributed by atoms with E-state index in [1.54, 1.807) is 0 Å². The van der Waals surface area contributed by atoms with E-state index in [2.05, 4.69) is 9.88 Å². The summed E-state index contributed by atoms with van der Waals surface area (Å²) in [5.41, 5.74) is 1.08. The van der Waals surface area contributed by atoms with Gasteiger partial charge in [-0.15, -0.1) is 0 Å². The number of aliphatic hydroxyl groups is 1. The Labute approximate surface area is 129 Å². The predicted molar refractivity (Wildman–Crippen MR) is 83.3 cm³/mol. The number of hydrogen-bond acceptors (Lipinski definition) is 2. The van der Waals surface area contributed by atoms with Gasteiger partial charge in [0.25, 0.3) is 0 Å². The quantitative estimate of drug-likeness (QED) is 0.825. The summed E-state index contributed by atoms with van der Waals surface area (Å²) < 4.78 is 2.05. The van der Waals surface area contributed by atoms with Crippen LogP contribution in [-0.2, 0) is 11.3 Å². The van der Waals surface area contributed by atoms with E-state index < -0.39 is 0 Å². The lowest BCUT2D eigenvalue weighted by Crippen LogP contribution is -2.28. The molecule has 2 aromatic rings. The van der Waals surface area contributed by atoms with Gasteiger partial charge in [-0.05, 0) is 29.8 Å². The van der Waals surface area contributed by atoms with Gasteiger partial charge in [0, 0.05) is 42.8 Å². The summed E-state index contributed by atoms with van der Waals surface area (Å²) in [6.45, 7) is 0.964. The lowest BCUT2D eigenvalue weighted by molar-refractivity contribution is -0.121. The summed E-state index contributed by atoms with van der Waals surface area (Å²) in [5, 5.41) is 12.2. The fraction of sp³-hybridized carbons (Fsp3) is 0.312. The van der Waals surface area contributed by atoms with Crippen LogP contribution in [-0.4, -0.2) is 28.7 Å². The second kappa shape index (κ2) is 7.86. The summed E-state index contributed by atoms with van der Waals surface area (Å²) in [4.78, 5) is 11.9. The van der Waals surface area contributed by atoms with Gasteiger partial charge in [0.1, 0.15) is 0 Å². The molecule has 21 heavy (non-hydrogen) atoms. The van der Waals surface area contributed by atoms with E-state index in [9.17, 15) is 4.79 Å². The average molecular weight is 307 g/mol. The Morgan fingerprint density at radius 1 is 1.24 bits per heavy atom. The molecule has 1 heterocycles. The third kappa shape index (κ3) is 4.92. The number of rotatable bonds is 7. The number of amides is 1. The van der Waals surface area contributed by atoms with Crippen LogP contribution in [0.25, 0.3) is 0 Å². The largest absolute Gasteiger partial charge is 0.395 e. The van der Waals surface area contributed by atoms with Crippen molar-refractivity contribution in [2.75, 3.05) is 13.2 Å². The van der Waals surface area contributed by atoms with Crippen molar-refractivity contribution < 1.29 is 9.90 Å². The Hall–Kier alpha value is -1.78. The van der Waals surface area contributed by atoms with E-state index in [1.165, 1.54) is 0 Å². The molecular formula is C16H19ClN2O2.